The Bertz CT molecular complexity index is 606. The van der Waals surface area contributed by atoms with Gasteiger partial charge in [0.1, 0.15) is 0 Å². The lowest BCUT2D eigenvalue weighted by Crippen LogP contribution is -2.34. The number of rotatable bonds is 3. The number of aromatic amines is 1. The molecule has 19 heavy (non-hydrogen) atoms. The van der Waals surface area contributed by atoms with E-state index < -0.39 is 0 Å². The Hall–Kier alpha value is -1.28. The molecule has 1 heterocycles. The van der Waals surface area contributed by atoms with Gasteiger partial charge in [-0.1, -0.05) is 30.5 Å². The molecule has 1 aliphatic rings. The van der Waals surface area contributed by atoms with E-state index in [0.717, 1.165) is 23.0 Å². The zero-order valence-corrected chi connectivity index (χ0v) is 12.1. The van der Waals surface area contributed by atoms with Gasteiger partial charge < -0.3 is 0 Å². The maximum Gasteiger partial charge on any atom is 0.279 e. The Morgan fingerprint density at radius 1 is 1.37 bits per heavy atom. The van der Waals surface area contributed by atoms with Crippen molar-refractivity contribution in [2.75, 3.05) is 0 Å². The predicted octanol–water partition coefficient (Wildman–Crippen LogP) is 4.33. The van der Waals surface area contributed by atoms with Gasteiger partial charge in [0.05, 0.1) is 6.54 Å². The molecule has 0 spiro atoms. The highest BCUT2D eigenvalue weighted by atomic mass is 35.5. The molecule has 1 aliphatic carbocycles. The van der Waals surface area contributed by atoms with Crippen LogP contribution in [0.25, 0.3) is 17.1 Å². The number of allylic oxidation sites excluding steroid dienone is 1. The predicted molar refractivity (Wildman–Crippen MR) is 80.2 cm³/mol. The molecule has 0 atom stereocenters. The van der Waals surface area contributed by atoms with Crippen molar-refractivity contribution in [3.8, 4) is 0 Å². The quantitative estimate of drug-likeness (QED) is 0.805. The minimum Gasteiger partial charge on any atom is -0.237 e. The number of hydrogen-bond acceptors (Lipinski definition) is 0. The fourth-order valence-corrected chi connectivity index (χ4v) is 3.20. The van der Waals surface area contributed by atoms with Crippen LogP contribution in [0.4, 0.5) is 0 Å². The first-order chi connectivity index (χ1) is 9.28. The highest BCUT2D eigenvalue weighted by molar-refractivity contribution is 6.31. The summed E-state index contributed by atoms with van der Waals surface area (Å²) in [4.78, 5) is 3.47. The van der Waals surface area contributed by atoms with E-state index in [-0.39, 0.29) is 0 Å². The number of halogens is 1. The van der Waals surface area contributed by atoms with E-state index in [4.69, 9.17) is 11.6 Å². The van der Waals surface area contributed by atoms with Gasteiger partial charge in [0.25, 0.3) is 5.82 Å². The monoisotopic (exact) mass is 275 g/mol. The second-order valence-corrected chi connectivity index (χ2v) is 5.76. The Balaban J connectivity index is 1.97. The van der Waals surface area contributed by atoms with Crippen LogP contribution in [0, 0.1) is 5.92 Å². The summed E-state index contributed by atoms with van der Waals surface area (Å²) in [7, 11) is 0. The normalized spacial score (nSPS) is 16.9. The van der Waals surface area contributed by atoms with Crippen LogP contribution in [-0.2, 0) is 6.54 Å². The van der Waals surface area contributed by atoms with E-state index >= 15 is 0 Å². The third-order valence-electron chi connectivity index (χ3n) is 4.05. The minimum absolute atomic E-state index is 0.764. The van der Waals surface area contributed by atoms with E-state index in [0.29, 0.717) is 0 Å². The molecule has 2 aromatic rings. The van der Waals surface area contributed by atoms with Gasteiger partial charge in [0, 0.05) is 17.2 Å². The summed E-state index contributed by atoms with van der Waals surface area (Å²) in [6, 6.07) is 6.04. The van der Waals surface area contributed by atoms with Crippen LogP contribution in [0.1, 0.15) is 38.4 Å². The van der Waals surface area contributed by atoms with Gasteiger partial charge in [0.15, 0.2) is 11.0 Å². The van der Waals surface area contributed by atoms with E-state index in [1.54, 1.807) is 0 Å². The Kier molecular flexibility index (Phi) is 3.61. The standard InChI is InChI=1S/C16H19ClN2/c1-2-19-15-9-8-13(17)11-14(15)18-16(19)10-7-12-5-3-4-6-12/h7-12H,2-6H2,1H3/p+1. The van der Waals surface area contributed by atoms with Crippen molar-refractivity contribution < 1.29 is 4.57 Å². The zero-order valence-electron chi connectivity index (χ0n) is 11.3. The molecule has 0 aliphatic heterocycles. The van der Waals surface area contributed by atoms with Crippen molar-refractivity contribution in [3.63, 3.8) is 0 Å². The van der Waals surface area contributed by atoms with Crippen LogP contribution in [0.15, 0.2) is 24.3 Å². The molecule has 0 unspecified atom stereocenters. The van der Waals surface area contributed by atoms with E-state index in [2.05, 4.69) is 34.7 Å². The molecule has 1 N–H and O–H groups in total. The highest BCUT2D eigenvalue weighted by Gasteiger charge is 2.16. The molecule has 0 bridgehead atoms. The van der Waals surface area contributed by atoms with Gasteiger partial charge in [-0.15, -0.1) is 0 Å². The van der Waals surface area contributed by atoms with Crippen molar-refractivity contribution in [1.29, 1.82) is 0 Å². The fraction of sp³-hybridized carbons (Fsp3) is 0.438. The Morgan fingerprint density at radius 3 is 2.89 bits per heavy atom. The first kappa shape index (κ1) is 12.7. The van der Waals surface area contributed by atoms with Crippen molar-refractivity contribution in [2.45, 2.75) is 39.2 Å². The molecule has 0 amide bonds. The molecule has 3 heteroatoms. The number of hydrogen-bond donors (Lipinski definition) is 1. The average molecular weight is 276 g/mol. The van der Waals surface area contributed by atoms with E-state index in [1.807, 2.05) is 12.1 Å². The van der Waals surface area contributed by atoms with Crippen molar-refractivity contribution >= 4 is 28.7 Å². The second-order valence-electron chi connectivity index (χ2n) is 5.32. The molecule has 1 fully saturated rings. The molecule has 1 aromatic heterocycles. The van der Waals surface area contributed by atoms with Crippen LogP contribution in [0.5, 0.6) is 0 Å². The van der Waals surface area contributed by atoms with Gasteiger partial charge in [-0.2, -0.15) is 0 Å². The number of nitrogens with zero attached hydrogens (tertiary/aromatic N) is 1. The van der Waals surface area contributed by atoms with Gasteiger partial charge in [-0.25, -0.2) is 9.55 Å². The molecule has 1 saturated carbocycles. The average Bonchev–Trinajstić information content (AvgIpc) is 3.02. The van der Waals surface area contributed by atoms with Crippen LogP contribution in [0.2, 0.25) is 5.02 Å². The second kappa shape index (κ2) is 5.38. The Labute approximate surface area is 119 Å². The number of fused-ring (bicyclic) bond motifs is 1. The maximum atomic E-state index is 6.06. The van der Waals surface area contributed by atoms with Gasteiger partial charge in [-0.05, 0) is 37.8 Å². The van der Waals surface area contributed by atoms with Gasteiger partial charge >= 0.3 is 0 Å². The van der Waals surface area contributed by atoms with Crippen molar-refractivity contribution in [1.82, 2.24) is 4.98 Å². The topological polar surface area (TPSA) is 19.7 Å². The van der Waals surface area contributed by atoms with Crippen molar-refractivity contribution in [3.05, 3.63) is 35.1 Å². The Morgan fingerprint density at radius 2 is 2.16 bits per heavy atom. The smallest absolute Gasteiger partial charge is 0.237 e. The highest BCUT2D eigenvalue weighted by Crippen LogP contribution is 2.26. The van der Waals surface area contributed by atoms with Gasteiger partial charge in [-0.3, -0.25) is 0 Å². The van der Waals surface area contributed by atoms with Crippen molar-refractivity contribution in [2.24, 2.45) is 5.92 Å². The molecule has 3 rings (SSSR count). The van der Waals surface area contributed by atoms with Gasteiger partial charge in [0.2, 0.25) is 0 Å². The summed E-state index contributed by atoms with van der Waals surface area (Å²) in [6.45, 7) is 3.14. The third-order valence-corrected chi connectivity index (χ3v) is 4.28. The number of benzene rings is 1. The summed E-state index contributed by atoms with van der Waals surface area (Å²) < 4.78 is 2.30. The molecular weight excluding hydrogens is 256 g/mol. The fourth-order valence-electron chi connectivity index (χ4n) is 3.03. The lowest BCUT2D eigenvalue weighted by atomic mass is 10.1. The molecule has 0 saturated heterocycles. The number of nitrogens with one attached hydrogen (secondary N) is 1. The molecule has 100 valence electrons. The lowest BCUT2D eigenvalue weighted by molar-refractivity contribution is -0.669. The summed E-state index contributed by atoms with van der Waals surface area (Å²) in [6.07, 6.45) is 10.1. The molecule has 0 radical (unpaired) electrons. The number of aromatic nitrogens is 2. The van der Waals surface area contributed by atoms with Crippen LogP contribution in [0.3, 0.4) is 0 Å². The van der Waals surface area contributed by atoms with Crippen LogP contribution in [-0.4, -0.2) is 4.98 Å². The zero-order chi connectivity index (χ0) is 13.2. The largest absolute Gasteiger partial charge is 0.279 e. The molecule has 2 nitrogen and oxygen atoms in total. The van der Waals surface area contributed by atoms with E-state index in [9.17, 15) is 0 Å². The number of imidazole rings is 1. The van der Waals surface area contributed by atoms with Crippen LogP contribution >= 0.6 is 11.6 Å². The third kappa shape index (κ3) is 2.55. The first-order valence-electron chi connectivity index (χ1n) is 7.17. The SMILES string of the molecule is CC[n+]1c(C=CC2CCCC2)[nH]c2cc(Cl)ccc21. The number of aryl methyl sites for hydroxylation is 1. The molecule has 1 aromatic carbocycles. The summed E-state index contributed by atoms with van der Waals surface area (Å²) in [5.74, 6) is 1.94. The minimum atomic E-state index is 0.764. The van der Waals surface area contributed by atoms with E-state index in [1.165, 1.54) is 37.0 Å². The molecular formula is C16H20ClN2+. The number of H-pyrrole nitrogens is 1. The van der Waals surface area contributed by atoms with Crippen LogP contribution < -0.4 is 4.57 Å². The maximum absolute atomic E-state index is 6.06. The first-order valence-corrected chi connectivity index (χ1v) is 7.55. The summed E-state index contributed by atoms with van der Waals surface area (Å²) in [5, 5.41) is 0.781. The summed E-state index contributed by atoms with van der Waals surface area (Å²) in [5.41, 5.74) is 2.33. The lowest BCUT2D eigenvalue weighted by Gasteiger charge is -1.99. The summed E-state index contributed by atoms with van der Waals surface area (Å²) >= 11 is 6.06.